The van der Waals surface area contributed by atoms with E-state index in [1.165, 1.54) is 0 Å². The van der Waals surface area contributed by atoms with Gasteiger partial charge in [0, 0.05) is 16.8 Å². The van der Waals surface area contributed by atoms with Gasteiger partial charge in [0.25, 0.3) is 0 Å². The van der Waals surface area contributed by atoms with Crippen LogP contribution in [-0.2, 0) is 11.2 Å². The van der Waals surface area contributed by atoms with Gasteiger partial charge in [-0.1, -0.05) is 12.1 Å². The maximum absolute atomic E-state index is 10.6. The van der Waals surface area contributed by atoms with Crippen LogP contribution in [0.5, 0.6) is 0 Å². The van der Waals surface area contributed by atoms with E-state index in [9.17, 15) is 4.79 Å². The maximum atomic E-state index is 10.6. The molecule has 1 heterocycles. The molecule has 2 rings (SSSR count). The highest BCUT2D eigenvalue weighted by Gasteiger charge is 2.10. The highest BCUT2D eigenvalue weighted by Crippen LogP contribution is 2.25. The first-order valence-electron chi connectivity index (χ1n) is 7.80. The molecule has 0 aliphatic heterocycles. The summed E-state index contributed by atoms with van der Waals surface area (Å²) in [6.45, 7) is 3.89. The zero-order chi connectivity index (χ0) is 17.7. The number of anilines is 3. The van der Waals surface area contributed by atoms with E-state index in [1.54, 1.807) is 0 Å². The Morgan fingerprint density at radius 1 is 1.33 bits per heavy atom. The average Bonchev–Trinajstić information content (AvgIpc) is 2.51. The smallest absolute Gasteiger partial charge is 0.304 e. The van der Waals surface area contributed by atoms with Crippen LogP contribution in [0.2, 0.25) is 0 Å². The number of halogens is 1. The molecule has 4 N–H and O–H groups in total. The van der Waals surface area contributed by atoms with E-state index in [1.807, 2.05) is 44.2 Å². The first kappa shape index (κ1) is 18.1. The topological polar surface area (TPSA) is 88.2 Å². The second-order valence-electron chi connectivity index (χ2n) is 5.90. The number of hydrogen-bond donors (Lipinski definition) is 3. The number of hydrogen-bond acceptors (Lipinski definition) is 4. The monoisotopic (exact) mass is 347 g/mol. The third-order valence-electron chi connectivity index (χ3n) is 3.75. The van der Waals surface area contributed by atoms with Crippen molar-refractivity contribution < 1.29 is 9.90 Å². The summed E-state index contributed by atoms with van der Waals surface area (Å²) in [5.74, 6) is -0.212. The van der Waals surface area contributed by atoms with E-state index in [0.717, 1.165) is 28.9 Å². The first-order valence-corrected chi connectivity index (χ1v) is 8.24. The lowest BCUT2D eigenvalue weighted by atomic mass is 10.1. The fraction of sp³-hybridized carbons (Fsp3) is 0.333. The van der Waals surface area contributed by atoms with Gasteiger partial charge in [0.2, 0.25) is 0 Å². The number of aromatic nitrogens is 1. The number of carboxylic acid groups (broad SMARTS) is 1. The minimum atomic E-state index is -0.868. The highest BCUT2D eigenvalue weighted by atomic mass is 35.5. The molecule has 1 aromatic carbocycles. The molecular formula is C18H22ClN3O2. The minimum Gasteiger partial charge on any atom is -0.481 e. The number of nitrogens with two attached hydrogens (primary N) is 1. The molecule has 0 spiro atoms. The number of carboxylic acids is 1. The minimum absolute atomic E-state index is 0.0150. The number of nitrogens with one attached hydrogen (secondary N) is 1. The van der Waals surface area contributed by atoms with Gasteiger partial charge in [0.05, 0.1) is 12.1 Å². The van der Waals surface area contributed by atoms with Crippen LogP contribution in [0, 0.1) is 13.8 Å². The molecule has 0 bridgehead atoms. The molecule has 0 aliphatic rings. The number of aliphatic carboxylic acids is 1. The Kier molecular flexibility index (Phi) is 6.04. The molecule has 1 aromatic heterocycles. The van der Waals surface area contributed by atoms with Gasteiger partial charge in [-0.05, 0) is 56.0 Å². The van der Waals surface area contributed by atoms with Crippen molar-refractivity contribution in [1.82, 2.24) is 4.98 Å². The van der Waals surface area contributed by atoms with Gasteiger partial charge < -0.3 is 16.2 Å². The number of rotatable bonds is 7. The summed E-state index contributed by atoms with van der Waals surface area (Å²) in [6.07, 6.45) is 1.36. The van der Waals surface area contributed by atoms with E-state index in [-0.39, 0.29) is 11.8 Å². The van der Waals surface area contributed by atoms with Crippen LogP contribution in [0.25, 0.3) is 0 Å². The molecule has 5 nitrogen and oxygen atoms in total. The summed E-state index contributed by atoms with van der Waals surface area (Å²) in [6, 6.07) is 9.84. The Morgan fingerprint density at radius 2 is 2.00 bits per heavy atom. The van der Waals surface area contributed by atoms with E-state index in [4.69, 9.17) is 22.4 Å². The maximum Gasteiger partial charge on any atom is 0.304 e. The number of aryl methyl sites for hydroxylation is 3. The largest absolute Gasteiger partial charge is 0.481 e. The van der Waals surface area contributed by atoms with E-state index in [0.29, 0.717) is 17.9 Å². The number of pyridine rings is 1. The summed E-state index contributed by atoms with van der Waals surface area (Å²) in [5, 5.41) is 11.6. The first-order chi connectivity index (χ1) is 11.3. The van der Waals surface area contributed by atoms with E-state index in [2.05, 4.69) is 10.3 Å². The average molecular weight is 348 g/mol. The third kappa shape index (κ3) is 5.13. The summed E-state index contributed by atoms with van der Waals surface area (Å²) in [7, 11) is 0. The lowest BCUT2D eigenvalue weighted by Crippen LogP contribution is -2.08. The van der Waals surface area contributed by atoms with Gasteiger partial charge in [0.1, 0.15) is 0 Å². The molecule has 0 fully saturated rings. The zero-order valence-electron chi connectivity index (χ0n) is 13.8. The van der Waals surface area contributed by atoms with Crippen LogP contribution in [0.1, 0.15) is 29.7 Å². The predicted molar refractivity (Wildman–Crippen MR) is 98.1 cm³/mol. The zero-order valence-corrected chi connectivity index (χ0v) is 14.6. The van der Waals surface area contributed by atoms with Gasteiger partial charge in [0.15, 0.2) is 5.82 Å². The molecule has 6 heteroatoms. The molecule has 0 aliphatic carbocycles. The van der Waals surface area contributed by atoms with E-state index < -0.39 is 5.97 Å². The summed E-state index contributed by atoms with van der Waals surface area (Å²) in [4.78, 5) is 15.0. The fourth-order valence-electron chi connectivity index (χ4n) is 2.45. The third-order valence-corrected chi connectivity index (χ3v) is 4.13. The van der Waals surface area contributed by atoms with Crippen molar-refractivity contribution in [1.29, 1.82) is 0 Å². The molecule has 2 aromatic rings. The van der Waals surface area contributed by atoms with Crippen molar-refractivity contribution in [2.24, 2.45) is 0 Å². The fourth-order valence-corrected chi connectivity index (χ4v) is 2.69. The molecular weight excluding hydrogens is 326 g/mol. The Balaban J connectivity index is 1.99. The molecule has 1 atom stereocenters. The Labute approximate surface area is 146 Å². The van der Waals surface area contributed by atoms with Crippen LogP contribution in [0.3, 0.4) is 0 Å². The van der Waals surface area contributed by atoms with Gasteiger partial charge in [-0.3, -0.25) is 4.79 Å². The highest BCUT2D eigenvalue weighted by molar-refractivity contribution is 6.21. The van der Waals surface area contributed by atoms with Crippen molar-refractivity contribution in [2.45, 2.75) is 38.5 Å². The molecule has 24 heavy (non-hydrogen) atoms. The van der Waals surface area contributed by atoms with Crippen molar-refractivity contribution in [3.8, 4) is 0 Å². The summed E-state index contributed by atoms with van der Waals surface area (Å²) < 4.78 is 0. The lowest BCUT2D eigenvalue weighted by Gasteiger charge is -2.12. The van der Waals surface area contributed by atoms with Gasteiger partial charge >= 0.3 is 5.97 Å². The predicted octanol–water partition coefficient (Wildman–Crippen LogP) is 4.04. The van der Waals surface area contributed by atoms with E-state index >= 15 is 0 Å². The Bertz CT molecular complexity index is 717. The number of nitrogen functional groups attached to an aromatic ring is 1. The number of nitrogens with zero attached hydrogens (tertiary/aromatic N) is 1. The standard InChI is InChI=1S/C18H22ClN3O2/c1-11-9-12(2)21-18(17(11)20)22-15-7-4-13(5-8-15)3-6-14(19)10-16(23)24/h4-5,7-9,14H,3,6,10,20H2,1-2H3,(H,21,22)(H,23,24). The molecule has 1 unspecified atom stereocenters. The van der Waals surface area contributed by atoms with Crippen molar-refractivity contribution in [3.05, 3.63) is 47.2 Å². The van der Waals surface area contributed by atoms with Crippen LogP contribution >= 0.6 is 11.6 Å². The van der Waals surface area contributed by atoms with Crippen LogP contribution < -0.4 is 11.1 Å². The molecule has 0 radical (unpaired) electrons. The Morgan fingerprint density at radius 3 is 2.62 bits per heavy atom. The molecule has 0 amide bonds. The second-order valence-corrected chi connectivity index (χ2v) is 6.52. The SMILES string of the molecule is Cc1cc(C)c(N)c(Nc2ccc(CCC(Cl)CC(=O)O)cc2)n1. The van der Waals surface area contributed by atoms with Crippen molar-refractivity contribution >= 4 is 34.8 Å². The second kappa shape index (κ2) is 8.02. The van der Waals surface area contributed by atoms with Crippen LogP contribution in [0.4, 0.5) is 17.2 Å². The number of benzene rings is 1. The molecule has 0 saturated carbocycles. The lowest BCUT2D eigenvalue weighted by molar-refractivity contribution is -0.137. The normalized spacial score (nSPS) is 12.0. The molecule has 128 valence electrons. The quantitative estimate of drug-likeness (QED) is 0.658. The molecule has 0 saturated heterocycles. The summed E-state index contributed by atoms with van der Waals surface area (Å²) in [5.41, 5.74) is 10.6. The van der Waals surface area contributed by atoms with Crippen molar-refractivity contribution in [2.75, 3.05) is 11.1 Å². The summed E-state index contributed by atoms with van der Waals surface area (Å²) >= 11 is 6.00. The Hall–Kier alpha value is -2.27. The van der Waals surface area contributed by atoms with Crippen LogP contribution in [-0.4, -0.2) is 21.4 Å². The number of carbonyl (C=O) groups is 1. The number of alkyl halides is 1. The van der Waals surface area contributed by atoms with Gasteiger partial charge in [-0.25, -0.2) is 4.98 Å². The van der Waals surface area contributed by atoms with Crippen molar-refractivity contribution in [3.63, 3.8) is 0 Å². The van der Waals surface area contributed by atoms with Crippen LogP contribution in [0.15, 0.2) is 30.3 Å². The van der Waals surface area contributed by atoms with Gasteiger partial charge in [-0.15, -0.1) is 11.6 Å². The van der Waals surface area contributed by atoms with Gasteiger partial charge in [-0.2, -0.15) is 0 Å².